The Labute approximate surface area is 152 Å². The summed E-state index contributed by atoms with van der Waals surface area (Å²) in [5, 5.41) is 0. The second-order valence-corrected chi connectivity index (χ2v) is 8.80. The summed E-state index contributed by atoms with van der Waals surface area (Å²) in [5.41, 5.74) is 9.16. The van der Waals surface area contributed by atoms with E-state index in [-0.39, 0.29) is 21.0 Å². The van der Waals surface area contributed by atoms with Crippen LogP contribution < -0.4 is 10.2 Å². The summed E-state index contributed by atoms with van der Waals surface area (Å²) in [7, 11) is 0. The summed E-state index contributed by atoms with van der Waals surface area (Å²) in [6, 6.07) is 29.6. The van der Waals surface area contributed by atoms with Crippen molar-refractivity contribution in [3.8, 4) is 0 Å². The molecule has 3 aromatic carbocycles. The summed E-state index contributed by atoms with van der Waals surface area (Å²) >= 11 is 3.77. The van der Waals surface area contributed by atoms with Crippen LogP contribution in [0.3, 0.4) is 0 Å². The fraction of sp³-hybridized carbons (Fsp3) is 0.100. The van der Waals surface area contributed by atoms with Gasteiger partial charge in [-0.1, -0.05) is 0 Å². The third-order valence-corrected chi connectivity index (χ3v) is 7.11. The first-order valence-corrected chi connectivity index (χ1v) is 10.2. The average Bonchev–Trinajstić information content (AvgIpc) is 2.61. The van der Waals surface area contributed by atoms with Crippen molar-refractivity contribution in [3.05, 3.63) is 101 Å². The van der Waals surface area contributed by atoms with E-state index in [9.17, 15) is 0 Å². The molecule has 0 saturated carbocycles. The molecule has 0 bridgehead atoms. The Balaban J connectivity index is 1.92. The Kier molecular flexibility index (Phi) is 5.69. The SMILES string of the molecule is N[C@H](c1ccc(Br)cc1)[C@@H]([Se]c1ccccc1)c1ccccc1. The number of nitrogens with two attached hydrogens (primary N) is 1. The molecule has 0 aliphatic carbocycles. The molecule has 1 nitrogen and oxygen atoms in total. The van der Waals surface area contributed by atoms with Crippen molar-refractivity contribution in [2.45, 2.75) is 10.9 Å². The van der Waals surface area contributed by atoms with Crippen LogP contribution in [0.15, 0.2) is 89.4 Å². The monoisotopic (exact) mass is 431 g/mol. The molecule has 3 rings (SSSR count). The Morgan fingerprint density at radius 3 is 1.87 bits per heavy atom. The molecule has 0 aliphatic rings. The Morgan fingerprint density at radius 2 is 1.26 bits per heavy atom. The predicted molar refractivity (Wildman–Crippen MR) is 102 cm³/mol. The molecular weight excluding hydrogens is 413 g/mol. The maximum absolute atomic E-state index is 6.67. The van der Waals surface area contributed by atoms with E-state index >= 15 is 0 Å². The molecule has 2 atom stereocenters. The molecular formula is C20H18BrNSe. The van der Waals surface area contributed by atoms with Gasteiger partial charge in [0.1, 0.15) is 0 Å². The first-order valence-electron chi connectivity index (χ1n) is 7.52. The van der Waals surface area contributed by atoms with Gasteiger partial charge in [0, 0.05) is 0 Å². The van der Waals surface area contributed by atoms with E-state index in [4.69, 9.17) is 5.73 Å². The standard InChI is InChI=1S/C20H18BrNSe/c21-17-13-11-15(12-14-17)19(22)20(16-7-3-1-4-8-16)23-18-9-5-2-6-10-18/h1-14,19-20H,22H2/t19-,20+/m1/s1. The molecule has 0 aromatic heterocycles. The predicted octanol–water partition coefficient (Wildman–Crippen LogP) is 4.22. The van der Waals surface area contributed by atoms with E-state index in [1.54, 1.807) is 0 Å². The number of hydrogen-bond donors (Lipinski definition) is 1. The number of halogens is 1. The zero-order chi connectivity index (χ0) is 16.1. The molecule has 23 heavy (non-hydrogen) atoms. The summed E-state index contributed by atoms with van der Waals surface area (Å²) < 4.78 is 2.46. The van der Waals surface area contributed by atoms with Gasteiger partial charge < -0.3 is 0 Å². The van der Waals surface area contributed by atoms with Crippen LogP contribution in [0, 0.1) is 0 Å². The van der Waals surface area contributed by atoms with Crippen molar-refractivity contribution in [1.29, 1.82) is 0 Å². The van der Waals surface area contributed by atoms with Gasteiger partial charge in [0.05, 0.1) is 0 Å². The van der Waals surface area contributed by atoms with Crippen LogP contribution in [0.25, 0.3) is 0 Å². The molecule has 2 N–H and O–H groups in total. The van der Waals surface area contributed by atoms with Gasteiger partial charge in [-0.2, -0.15) is 0 Å². The van der Waals surface area contributed by atoms with Gasteiger partial charge in [-0.3, -0.25) is 0 Å². The van der Waals surface area contributed by atoms with E-state index in [0.29, 0.717) is 4.82 Å². The van der Waals surface area contributed by atoms with Crippen LogP contribution in [-0.4, -0.2) is 15.0 Å². The molecule has 3 aromatic rings. The minimum atomic E-state index is -0.00861. The maximum atomic E-state index is 6.67. The van der Waals surface area contributed by atoms with Gasteiger partial charge in [-0.15, -0.1) is 0 Å². The molecule has 0 fully saturated rings. The van der Waals surface area contributed by atoms with Crippen molar-refractivity contribution in [1.82, 2.24) is 0 Å². The van der Waals surface area contributed by atoms with Crippen molar-refractivity contribution in [2.24, 2.45) is 5.73 Å². The molecule has 0 saturated heterocycles. The van der Waals surface area contributed by atoms with Crippen LogP contribution in [0.2, 0.25) is 0 Å². The number of hydrogen-bond acceptors (Lipinski definition) is 1. The van der Waals surface area contributed by atoms with E-state index in [0.717, 1.165) is 4.47 Å². The number of benzene rings is 3. The van der Waals surface area contributed by atoms with Crippen LogP contribution in [0.5, 0.6) is 0 Å². The second-order valence-electron chi connectivity index (χ2n) is 5.34. The van der Waals surface area contributed by atoms with Crippen LogP contribution in [0.4, 0.5) is 0 Å². The fourth-order valence-electron chi connectivity index (χ4n) is 2.50. The number of rotatable bonds is 5. The van der Waals surface area contributed by atoms with Crippen LogP contribution in [-0.2, 0) is 0 Å². The molecule has 3 heteroatoms. The van der Waals surface area contributed by atoms with Crippen molar-refractivity contribution in [2.75, 3.05) is 0 Å². The van der Waals surface area contributed by atoms with Gasteiger partial charge in [0.15, 0.2) is 0 Å². The summed E-state index contributed by atoms with van der Waals surface area (Å²) in [5.74, 6) is 0. The van der Waals surface area contributed by atoms with Crippen LogP contribution >= 0.6 is 15.9 Å². The van der Waals surface area contributed by atoms with E-state index in [1.165, 1.54) is 15.6 Å². The van der Waals surface area contributed by atoms with Crippen molar-refractivity contribution >= 4 is 35.3 Å². The van der Waals surface area contributed by atoms with E-state index in [2.05, 4.69) is 101 Å². The normalized spacial score (nSPS) is 13.5. The Morgan fingerprint density at radius 1 is 0.696 bits per heavy atom. The Hall–Kier alpha value is -1.38. The van der Waals surface area contributed by atoms with Gasteiger partial charge >= 0.3 is 152 Å². The zero-order valence-corrected chi connectivity index (χ0v) is 15.9. The Bertz CT molecular complexity index is 729. The first kappa shape index (κ1) is 16.5. The van der Waals surface area contributed by atoms with E-state index in [1.807, 2.05) is 0 Å². The zero-order valence-electron chi connectivity index (χ0n) is 12.6. The minimum absolute atomic E-state index is 0.00861. The molecule has 0 amide bonds. The van der Waals surface area contributed by atoms with Gasteiger partial charge in [0.2, 0.25) is 0 Å². The third-order valence-electron chi connectivity index (χ3n) is 3.72. The first-order chi connectivity index (χ1) is 11.2. The van der Waals surface area contributed by atoms with Gasteiger partial charge in [-0.05, 0) is 0 Å². The molecule has 0 spiro atoms. The molecule has 0 unspecified atom stereocenters. The fourth-order valence-corrected chi connectivity index (χ4v) is 5.29. The molecule has 0 aliphatic heterocycles. The topological polar surface area (TPSA) is 26.0 Å². The summed E-state index contributed by atoms with van der Waals surface area (Å²) in [4.78, 5) is 0.312. The summed E-state index contributed by atoms with van der Waals surface area (Å²) in [6.07, 6.45) is 0. The molecule has 116 valence electrons. The third kappa shape index (κ3) is 4.33. The molecule has 0 heterocycles. The van der Waals surface area contributed by atoms with Gasteiger partial charge in [0.25, 0.3) is 0 Å². The van der Waals surface area contributed by atoms with E-state index < -0.39 is 0 Å². The van der Waals surface area contributed by atoms with Crippen molar-refractivity contribution < 1.29 is 0 Å². The van der Waals surface area contributed by atoms with Gasteiger partial charge in [-0.25, -0.2) is 0 Å². The van der Waals surface area contributed by atoms with Crippen LogP contribution in [0.1, 0.15) is 22.0 Å². The summed E-state index contributed by atoms with van der Waals surface area (Å²) in [6.45, 7) is 0. The second kappa shape index (κ2) is 7.94. The molecule has 0 radical (unpaired) electrons. The quantitative estimate of drug-likeness (QED) is 0.602. The average molecular weight is 431 g/mol. The van der Waals surface area contributed by atoms with Crippen molar-refractivity contribution in [3.63, 3.8) is 0 Å².